The number of aliphatic carboxylic acids is 1. The number of nitrogens with zero attached hydrogens (tertiary/aromatic N) is 7. The topological polar surface area (TPSA) is 210 Å². The number of oxime groups is 1. The minimum Gasteiger partial charge on any atom is -0.477 e. The molecule has 1 fully saturated rings. The Hall–Kier alpha value is -4.58. The third-order valence-corrected chi connectivity index (χ3v) is 7.74. The highest BCUT2D eigenvalue weighted by molar-refractivity contribution is 8.00. The summed E-state index contributed by atoms with van der Waals surface area (Å²) in [6.07, 6.45) is 3.35. The molecular weight excluding hydrogens is 564 g/mol. The molecule has 2 aliphatic heterocycles. The zero-order valence-corrected chi connectivity index (χ0v) is 22.7. The molecule has 3 aromatic heterocycles. The van der Waals surface area contributed by atoms with Gasteiger partial charge in [-0.15, -0.1) is 11.8 Å². The quantitative estimate of drug-likeness (QED) is 0.0757. The van der Waals surface area contributed by atoms with E-state index in [1.165, 1.54) is 21.2 Å². The highest BCUT2D eigenvalue weighted by atomic mass is 32.2. The van der Waals surface area contributed by atoms with Gasteiger partial charge in [0.25, 0.3) is 17.6 Å². The second-order valence-corrected chi connectivity index (χ2v) is 10.8. The number of hydrogen-bond donors (Lipinski definition) is 4. The molecule has 0 aromatic carbocycles. The number of hydrogen-bond acceptors (Lipinski definition) is 12. The second-order valence-electron chi connectivity index (χ2n) is 8.87. The maximum atomic E-state index is 13.2. The summed E-state index contributed by atoms with van der Waals surface area (Å²) in [6.45, 7) is 3.56. The molecule has 5 heterocycles. The largest absolute Gasteiger partial charge is 0.477 e. The van der Waals surface area contributed by atoms with Crippen molar-refractivity contribution in [1.29, 1.82) is 0 Å². The lowest BCUT2D eigenvalue weighted by Crippen LogP contribution is -2.71. The Morgan fingerprint density at radius 3 is 2.90 bits per heavy atom. The zero-order valence-electron chi connectivity index (χ0n) is 21.0. The fourth-order valence-electron chi connectivity index (χ4n) is 4.21. The number of carbonyl (C=O) groups is 4. The third-order valence-electron chi connectivity index (χ3n) is 5.86. The van der Waals surface area contributed by atoms with Gasteiger partial charge in [-0.1, -0.05) is 14.8 Å². The number of anilines is 2. The number of thioether (sulfide) groups is 1. The molecule has 0 spiro atoms. The summed E-state index contributed by atoms with van der Waals surface area (Å²) >= 11 is 2.18. The van der Waals surface area contributed by atoms with Gasteiger partial charge >= 0.3 is 11.6 Å². The summed E-state index contributed by atoms with van der Waals surface area (Å²) in [6, 6.07) is 2.46. The van der Waals surface area contributed by atoms with Crippen molar-refractivity contribution in [1.82, 2.24) is 29.2 Å². The van der Waals surface area contributed by atoms with Crippen LogP contribution in [0.3, 0.4) is 0 Å². The van der Waals surface area contributed by atoms with Crippen LogP contribution in [0.15, 0.2) is 41.0 Å². The highest BCUT2D eigenvalue weighted by Gasteiger charge is 2.54. The number of carboxylic acid groups (broad SMARTS) is 1. The Morgan fingerprint density at radius 1 is 1.43 bits per heavy atom. The Labute approximate surface area is 234 Å². The number of carboxylic acids is 1. The number of nitrogens with two attached hydrogens (primary N) is 1. The standard InChI is InChI=1S/C22H22N10O6S2/c1-10(2)38-28-14(17-27-22(23)40-29-17)18(34)26-15-19(35)31-16(21(36)37)11(8-39-20(15)31)6-30-7-12(24-9-33)32-13(30)4-3-5-25-32/h3-5,7,9-10,15,20H,6,8H2,1-2H3,(H4-,23,24,25,26,27,29,33,34,36,37)/p+1/b28-14-/t15-,20-/m1/s1. The number of aromatic nitrogens is 5. The molecule has 3 aromatic rings. The van der Waals surface area contributed by atoms with E-state index in [9.17, 15) is 24.3 Å². The Kier molecular flexibility index (Phi) is 7.35. The smallest absolute Gasteiger partial charge is 0.352 e. The molecule has 1 saturated heterocycles. The Bertz CT molecular complexity index is 1580. The number of β-lactam (4-membered cyclic amide) rings is 1. The maximum absolute atomic E-state index is 13.2. The van der Waals surface area contributed by atoms with E-state index in [2.05, 4.69) is 30.2 Å². The summed E-state index contributed by atoms with van der Waals surface area (Å²) < 4.78 is 7.23. The molecule has 5 N–H and O–H groups in total. The SMILES string of the molecule is CC(C)O/N=C(\C(=O)N[C@@H]1C(=O)N2C(C(=O)O)=C(C[n+]3cc(NC=O)n4ncccc43)CS[C@H]12)c1nsc(N)n1. The maximum Gasteiger partial charge on any atom is 0.352 e. The van der Waals surface area contributed by atoms with E-state index in [0.29, 0.717) is 23.4 Å². The van der Waals surface area contributed by atoms with Crippen LogP contribution in [0, 0.1) is 0 Å². The van der Waals surface area contributed by atoms with Crippen molar-refractivity contribution in [2.45, 2.75) is 37.9 Å². The number of amides is 3. The average Bonchev–Trinajstić information content (AvgIpc) is 3.50. The van der Waals surface area contributed by atoms with Gasteiger partial charge in [0.1, 0.15) is 29.8 Å². The molecule has 0 aliphatic carbocycles. The van der Waals surface area contributed by atoms with E-state index in [1.54, 1.807) is 42.9 Å². The van der Waals surface area contributed by atoms with Gasteiger partial charge < -0.3 is 21.0 Å². The predicted molar refractivity (Wildman–Crippen MR) is 142 cm³/mol. The van der Waals surface area contributed by atoms with E-state index < -0.39 is 29.2 Å². The molecule has 5 rings (SSSR count). The Balaban J connectivity index is 1.39. The summed E-state index contributed by atoms with van der Waals surface area (Å²) in [4.78, 5) is 60.0. The number of imidazole rings is 1. The Morgan fingerprint density at radius 2 is 2.23 bits per heavy atom. The molecule has 40 heavy (non-hydrogen) atoms. The normalized spacial score (nSPS) is 18.9. The van der Waals surface area contributed by atoms with Crippen molar-refractivity contribution >= 4 is 69.8 Å². The number of fused-ring (bicyclic) bond motifs is 2. The fourth-order valence-corrected chi connectivity index (χ4v) is 5.98. The van der Waals surface area contributed by atoms with Gasteiger partial charge in [0.2, 0.25) is 17.9 Å². The molecule has 18 heteroatoms. The van der Waals surface area contributed by atoms with E-state index in [0.717, 1.165) is 11.5 Å². The van der Waals surface area contributed by atoms with E-state index in [-0.39, 0.29) is 40.8 Å². The van der Waals surface area contributed by atoms with Crippen molar-refractivity contribution < 1.29 is 33.7 Å². The molecule has 16 nitrogen and oxygen atoms in total. The lowest BCUT2D eigenvalue weighted by molar-refractivity contribution is -0.662. The first-order valence-corrected chi connectivity index (χ1v) is 13.6. The number of nitrogen functional groups attached to an aromatic ring is 1. The fraction of sp³-hybridized carbons (Fsp3) is 0.318. The van der Waals surface area contributed by atoms with Crippen LogP contribution in [0.1, 0.15) is 19.7 Å². The third kappa shape index (κ3) is 4.93. The lowest BCUT2D eigenvalue weighted by atomic mass is 10.0. The molecule has 2 aliphatic rings. The van der Waals surface area contributed by atoms with Crippen LogP contribution in [-0.4, -0.2) is 82.2 Å². The highest BCUT2D eigenvalue weighted by Crippen LogP contribution is 2.40. The molecule has 0 radical (unpaired) electrons. The van der Waals surface area contributed by atoms with Crippen LogP contribution in [0.2, 0.25) is 0 Å². The first-order valence-electron chi connectivity index (χ1n) is 11.8. The molecule has 208 valence electrons. The van der Waals surface area contributed by atoms with Crippen LogP contribution in [0.25, 0.3) is 5.65 Å². The van der Waals surface area contributed by atoms with Crippen LogP contribution in [-0.2, 0) is 30.6 Å². The minimum atomic E-state index is -1.28. The van der Waals surface area contributed by atoms with Crippen LogP contribution < -0.4 is 20.9 Å². The minimum absolute atomic E-state index is 0.0521. The summed E-state index contributed by atoms with van der Waals surface area (Å²) in [5, 5.41) is 22.8. The average molecular weight is 588 g/mol. The molecule has 2 atom stereocenters. The zero-order chi connectivity index (χ0) is 28.6. The van der Waals surface area contributed by atoms with Gasteiger partial charge in [0.15, 0.2) is 11.3 Å². The van der Waals surface area contributed by atoms with Crippen LogP contribution in [0.4, 0.5) is 10.9 Å². The van der Waals surface area contributed by atoms with Crippen molar-refractivity contribution in [2.24, 2.45) is 5.16 Å². The molecule has 0 saturated carbocycles. The summed E-state index contributed by atoms with van der Waals surface area (Å²) in [5.74, 6) is -2.02. The predicted octanol–water partition coefficient (Wildman–Crippen LogP) is -0.808. The molecule has 0 bridgehead atoms. The molecular formula is C22H23N10O6S2+. The number of carbonyl (C=O) groups excluding carboxylic acids is 3. The van der Waals surface area contributed by atoms with E-state index in [4.69, 9.17) is 10.6 Å². The van der Waals surface area contributed by atoms with Crippen molar-refractivity contribution in [3.63, 3.8) is 0 Å². The van der Waals surface area contributed by atoms with Gasteiger partial charge in [-0.2, -0.15) is 9.36 Å². The van der Waals surface area contributed by atoms with Crippen molar-refractivity contribution in [3.8, 4) is 0 Å². The summed E-state index contributed by atoms with van der Waals surface area (Å²) in [5.41, 5.74) is 6.30. The van der Waals surface area contributed by atoms with Gasteiger partial charge in [-0.05, 0) is 19.9 Å². The number of rotatable bonds is 10. The van der Waals surface area contributed by atoms with Crippen molar-refractivity contribution in [2.75, 3.05) is 16.8 Å². The number of nitrogens with one attached hydrogen (secondary N) is 2. The van der Waals surface area contributed by atoms with Gasteiger partial charge in [0.05, 0.1) is 6.20 Å². The van der Waals surface area contributed by atoms with Crippen molar-refractivity contribution in [3.05, 3.63) is 41.6 Å². The molecule has 0 unspecified atom stereocenters. The summed E-state index contributed by atoms with van der Waals surface area (Å²) in [7, 11) is 0. The van der Waals surface area contributed by atoms with E-state index >= 15 is 0 Å². The van der Waals surface area contributed by atoms with Gasteiger partial charge in [-0.3, -0.25) is 24.6 Å². The first kappa shape index (κ1) is 27.0. The van der Waals surface area contributed by atoms with Gasteiger partial charge in [-0.25, -0.2) is 9.36 Å². The van der Waals surface area contributed by atoms with Crippen LogP contribution in [0.5, 0.6) is 0 Å². The van der Waals surface area contributed by atoms with E-state index in [1.807, 2.05) is 0 Å². The van der Waals surface area contributed by atoms with Crippen LogP contribution >= 0.6 is 23.3 Å². The molecule has 3 amide bonds. The monoisotopic (exact) mass is 587 g/mol. The first-order chi connectivity index (χ1) is 19.2. The second kappa shape index (κ2) is 10.9. The lowest BCUT2D eigenvalue weighted by Gasteiger charge is -2.49. The van der Waals surface area contributed by atoms with Gasteiger partial charge in [0, 0.05) is 28.9 Å².